The van der Waals surface area contributed by atoms with Crippen LogP contribution in [0.1, 0.15) is 19.0 Å². The Morgan fingerprint density at radius 3 is 2.90 bits per heavy atom. The van der Waals surface area contributed by atoms with Crippen LogP contribution >= 0.6 is 11.8 Å². The Balaban J connectivity index is 2.34. The van der Waals surface area contributed by atoms with Crippen molar-refractivity contribution in [3.05, 3.63) is 30.0 Å². The number of aromatic amines is 1. The van der Waals surface area contributed by atoms with Gasteiger partial charge in [-0.25, -0.2) is 4.98 Å². The molecule has 0 fully saturated rings. The smallest absolute Gasteiger partial charge is 0.212 e. The fourth-order valence-electron chi connectivity index (χ4n) is 1.98. The highest BCUT2D eigenvalue weighted by Crippen LogP contribution is 2.29. The van der Waals surface area contributed by atoms with E-state index in [0.29, 0.717) is 12.4 Å². The van der Waals surface area contributed by atoms with Gasteiger partial charge in [-0.2, -0.15) is 0 Å². The van der Waals surface area contributed by atoms with Gasteiger partial charge in [-0.05, 0) is 25.5 Å². The minimum absolute atomic E-state index is 0.0506. The standard InChI is InChI=1S/C15H17NO3S/c1-3-19-11-4-5-13-12(9-11)14(8-10(2)16-13)20-7-6-15(17)18/h4-5,8-9H,3,6-7H2,1-2H3,(H,17,18). The molecule has 0 aliphatic heterocycles. The van der Waals surface area contributed by atoms with Crippen molar-refractivity contribution in [3.63, 3.8) is 0 Å². The number of carbonyl (C=O) groups excluding carboxylic acids is 1. The van der Waals surface area contributed by atoms with Crippen molar-refractivity contribution in [3.8, 4) is 5.75 Å². The Morgan fingerprint density at radius 2 is 2.20 bits per heavy atom. The monoisotopic (exact) mass is 291 g/mol. The number of H-pyrrole nitrogens is 1. The fourth-order valence-corrected chi connectivity index (χ4v) is 3.05. The molecular weight excluding hydrogens is 274 g/mol. The summed E-state index contributed by atoms with van der Waals surface area (Å²) in [6.45, 7) is 4.55. The molecule has 106 valence electrons. The lowest BCUT2D eigenvalue weighted by atomic mass is 10.2. The number of pyridine rings is 1. The van der Waals surface area contributed by atoms with Crippen molar-refractivity contribution >= 4 is 28.6 Å². The van der Waals surface area contributed by atoms with Gasteiger partial charge in [0.05, 0.1) is 12.0 Å². The van der Waals surface area contributed by atoms with Crippen LogP contribution in [0.3, 0.4) is 0 Å². The molecule has 0 saturated heterocycles. The summed E-state index contributed by atoms with van der Waals surface area (Å²) in [6.07, 6.45) is 0.0506. The lowest BCUT2D eigenvalue weighted by Crippen LogP contribution is -2.22. The van der Waals surface area contributed by atoms with E-state index in [2.05, 4.69) is 4.98 Å². The van der Waals surface area contributed by atoms with Gasteiger partial charge in [0, 0.05) is 35.7 Å². The lowest BCUT2D eigenvalue weighted by Gasteiger charge is -2.07. The predicted octanol–water partition coefficient (Wildman–Crippen LogP) is 1.59. The average Bonchev–Trinajstić information content (AvgIpc) is 2.39. The lowest BCUT2D eigenvalue weighted by molar-refractivity contribution is -0.355. The number of ether oxygens (including phenoxy) is 1. The molecule has 5 heteroatoms. The Morgan fingerprint density at radius 1 is 1.40 bits per heavy atom. The normalized spacial score (nSPS) is 10.7. The first-order valence-corrected chi connectivity index (χ1v) is 7.51. The van der Waals surface area contributed by atoms with Gasteiger partial charge in [0.1, 0.15) is 5.75 Å². The number of fused-ring (bicyclic) bond motifs is 1. The predicted molar refractivity (Wildman–Crippen MR) is 76.8 cm³/mol. The van der Waals surface area contributed by atoms with Gasteiger partial charge in [0.2, 0.25) is 5.52 Å². The largest absolute Gasteiger partial charge is 0.550 e. The Hall–Kier alpha value is -1.75. The van der Waals surface area contributed by atoms with Crippen molar-refractivity contribution < 1.29 is 19.6 Å². The molecule has 2 rings (SSSR count). The molecule has 0 amide bonds. The summed E-state index contributed by atoms with van der Waals surface area (Å²) in [5.41, 5.74) is 2.06. The maximum atomic E-state index is 10.5. The number of hydrogen-bond acceptors (Lipinski definition) is 4. The van der Waals surface area contributed by atoms with Crippen LogP contribution < -0.4 is 14.8 Å². The van der Waals surface area contributed by atoms with Gasteiger partial charge in [0.15, 0.2) is 5.69 Å². The van der Waals surface area contributed by atoms with E-state index in [1.165, 1.54) is 11.8 Å². The summed E-state index contributed by atoms with van der Waals surface area (Å²) in [5.74, 6) is 0.301. The maximum absolute atomic E-state index is 10.5. The van der Waals surface area contributed by atoms with E-state index in [1.54, 1.807) is 0 Å². The number of nitrogens with one attached hydrogen (secondary N) is 1. The third-order valence-electron chi connectivity index (χ3n) is 2.81. The number of aromatic nitrogens is 1. The molecule has 0 aliphatic carbocycles. The van der Waals surface area contributed by atoms with Crippen LogP contribution in [-0.2, 0) is 4.79 Å². The average molecular weight is 291 g/mol. The van der Waals surface area contributed by atoms with E-state index in [9.17, 15) is 9.90 Å². The van der Waals surface area contributed by atoms with E-state index in [-0.39, 0.29) is 6.42 Å². The second-order valence-corrected chi connectivity index (χ2v) is 5.56. The summed E-state index contributed by atoms with van der Waals surface area (Å²) in [7, 11) is 0. The number of carboxylic acid groups (broad SMARTS) is 1. The highest BCUT2D eigenvalue weighted by molar-refractivity contribution is 7.99. The summed E-state index contributed by atoms with van der Waals surface area (Å²) in [6, 6.07) is 7.92. The van der Waals surface area contributed by atoms with Crippen molar-refractivity contribution in [2.45, 2.75) is 25.2 Å². The molecule has 0 aliphatic rings. The van der Waals surface area contributed by atoms with Crippen molar-refractivity contribution in [2.24, 2.45) is 0 Å². The SMILES string of the molecule is CCOc1ccc2[nH+]c(C)cc(SCCC(=O)[O-])c2c1. The van der Waals surface area contributed by atoms with Crippen molar-refractivity contribution in [2.75, 3.05) is 12.4 Å². The van der Waals surface area contributed by atoms with Gasteiger partial charge in [-0.3, -0.25) is 0 Å². The van der Waals surface area contributed by atoms with Crippen LogP contribution in [0.4, 0.5) is 0 Å². The zero-order chi connectivity index (χ0) is 14.5. The van der Waals surface area contributed by atoms with Crippen LogP contribution in [0.2, 0.25) is 0 Å². The molecular formula is C15H17NO3S. The zero-order valence-corrected chi connectivity index (χ0v) is 12.4. The van der Waals surface area contributed by atoms with Crippen LogP contribution in [0.15, 0.2) is 29.2 Å². The maximum Gasteiger partial charge on any atom is 0.212 e. The molecule has 1 aromatic carbocycles. The van der Waals surface area contributed by atoms with Crippen LogP contribution in [-0.4, -0.2) is 18.3 Å². The molecule has 1 heterocycles. The number of benzene rings is 1. The van der Waals surface area contributed by atoms with E-state index < -0.39 is 5.97 Å². The van der Waals surface area contributed by atoms with Crippen molar-refractivity contribution in [1.29, 1.82) is 0 Å². The van der Waals surface area contributed by atoms with Crippen LogP contribution in [0.25, 0.3) is 10.9 Å². The molecule has 2 aromatic rings. The van der Waals surface area contributed by atoms with Crippen LogP contribution in [0.5, 0.6) is 5.75 Å². The molecule has 0 saturated carbocycles. The third-order valence-corrected chi connectivity index (χ3v) is 3.87. The number of aliphatic carboxylic acids is 1. The summed E-state index contributed by atoms with van der Waals surface area (Å²) in [4.78, 5) is 14.9. The topological polar surface area (TPSA) is 63.5 Å². The van der Waals surface area contributed by atoms with E-state index in [4.69, 9.17) is 4.74 Å². The second kappa shape index (κ2) is 6.61. The van der Waals surface area contributed by atoms with Gasteiger partial charge in [-0.15, -0.1) is 11.8 Å². The first-order chi connectivity index (χ1) is 9.60. The van der Waals surface area contributed by atoms with Crippen LogP contribution in [0, 0.1) is 6.92 Å². The van der Waals surface area contributed by atoms with Gasteiger partial charge in [0.25, 0.3) is 0 Å². The minimum atomic E-state index is -1.02. The molecule has 0 radical (unpaired) electrons. The summed E-state index contributed by atoms with van der Waals surface area (Å²) < 4.78 is 5.51. The molecule has 4 nitrogen and oxygen atoms in total. The first-order valence-electron chi connectivity index (χ1n) is 6.52. The number of aryl methyl sites for hydroxylation is 1. The Labute approximate surface area is 122 Å². The van der Waals surface area contributed by atoms with Crippen molar-refractivity contribution in [1.82, 2.24) is 0 Å². The molecule has 20 heavy (non-hydrogen) atoms. The molecule has 0 unspecified atom stereocenters. The summed E-state index contributed by atoms with van der Waals surface area (Å²) in [5, 5.41) is 11.6. The van der Waals surface area contributed by atoms with Gasteiger partial charge in [-0.1, -0.05) is 0 Å². The molecule has 0 bridgehead atoms. The number of rotatable bonds is 6. The molecule has 0 spiro atoms. The highest BCUT2D eigenvalue weighted by Gasteiger charge is 2.11. The zero-order valence-electron chi connectivity index (χ0n) is 11.6. The highest BCUT2D eigenvalue weighted by atomic mass is 32.2. The van der Waals surface area contributed by atoms with Gasteiger partial charge >= 0.3 is 0 Å². The minimum Gasteiger partial charge on any atom is -0.550 e. The Bertz CT molecular complexity index is 628. The number of carbonyl (C=O) groups is 1. The first kappa shape index (κ1) is 14.7. The molecule has 1 N–H and O–H groups in total. The quantitative estimate of drug-likeness (QED) is 0.758. The number of carboxylic acids is 1. The fraction of sp³-hybridized carbons (Fsp3) is 0.333. The van der Waals surface area contributed by atoms with E-state index >= 15 is 0 Å². The van der Waals surface area contributed by atoms with E-state index in [1.807, 2.05) is 38.1 Å². The molecule has 1 aromatic heterocycles. The second-order valence-electron chi connectivity index (χ2n) is 4.43. The number of thioether (sulfide) groups is 1. The van der Waals surface area contributed by atoms with Gasteiger partial charge < -0.3 is 14.6 Å². The number of hydrogen-bond donors (Lipinski definition) is 0. The summed E-state index contributed by atoms with van der Waals surface area (Å²) >= 11 is 1.52. The van der Waals surface area contributed by atoms with E-state index in [0.717, 1.165) is 27.2 Å². The Kier molecular flexibility index (Phi) is 4.84. The third kappa shape index (κ3) is 3.63. The molecule has 0 atom stereocenters.